The number of imide groups is 1. The van der Waals surface area contributed by atoms with E-state index in [1.54, 1.807) is 28.8 Å². The Kier molecular flexibility index (Phi) is 6.64. The Labute approximate surface area is 227 Å². The fourth-order valence-corrected chi connectivity index (χ4v) is 5.74. The number of furan rings is 1. The van der Waals surface area contributed by atoms with Crippen LogP contribution in [0.4, 0.5) is 4.79 Å². The van der Waals surface area contributed by atoms with Gasteiger partial charge in [0.15, 0.2) is 23.9 Å². The molecule has 2 unspecified atom stereocenters. The van der Waals surface area contributed by atoms with Gasteiger partial charge < -0.3 is 24.0 Å². The predicted molar refractivity (Wildman–Crippen MR) is 139 cm³/mol. The molecular formula is C24H26N10O4S. The van der Waals surface area contributed by atoms with Crippen LogP contribution in [0.5, 0.6) is 0 Å². The van der Waals surface area contributed by atoms with Crippen molar-refractivity contribution < 1.29 is 18.8 Å². The van der Waals surface area contributed by atoms with E-state index in [1.165, 1.54) is 22.9 Å². The van der Waals surface area contributed by atoms with E-state index < -0.39 is 18.2 Å². The first-order chi connectivity index (χ1) is 19.0. The number of urea groups is 1. The first kappa shape index (κ1) is 24.9. The molecular weight excluding hydrogens is 524 g/mol. The van der Waals surface area contributed by atoms with E-state index in [0.717, 1.165) is 5.69 Å². The molecule has 1 N–H and O–H groups in total. The van der Waals surface area contributed by atoms with Crippen LogP contribution in [0.1, 0.15) is 10.6 Å². The van der Waals surface area contributed by atoms with Gasteiger partial charge >= 0.3 is 6.03 Å². The van der Waals surface area contributed by atoms with E-state index in [4.69, 9.17) is 9.41 Å². The van der Waals surface area contributed by atoms with Crippen molar-refractivity contribution in [3.8, 4) is 5.69 Å². The smallest absolute Gasteiger partial charge is 0.325 e. The molecule has 15 heteroatoms. The maximum atomic E-state index is 13.0. The number of aliphatic imine (C=N–C) groups is 1. The number of thioether (sulfide) groups is 1. The zero-order valence-electron chi connectivity index (χ0n) is 21.1. The molecule has 0 bridgehead atoms. The summed E-state index contributed by atoms with van der Waals surface area (Å²) in [5, 5.41) is 15.1. The maximum Gasteiger partial charge on any atom is 0.325 e. The highest BCUT2D eigenvalue weighted by Gasteiger charge is 2.49. The number of guanidine groups is 1. The van der Waals surface area contributed by atoms with E-state index >= 15 is 0 Å². The van der Waals surface area contributed by atoms with Gasteiger partial charge in [-0.05, 0) is 34.7 Å². The van der Waals surface area contributed by atoms with Crippen molar-refractivity contribution in [2.75, 3.05) is 45.5 Å². The summed E-state index contributed by atoms with van der Waals surface area (Å²) in [5.74, 6) is 0.969. The molecule has 0 spiro atoms. The van der Waals surface area contributed by atoms with E-state index in [-0.39, 0.29) is 11.8 Å². The molecule has 202 valence electrons. The normalized spacial score (nSPS) is 21.2. The van der Waals surface area contributed by atoms with E-state index in [2.05, 4.69) is 25.7 Å². The number of carbonyl (C=O) groups is 3. The molecule has 3 aliphatic rings. The van der Waals surface area contributed by atoms with Gasteiger partial charge in [0.25, 0.3) is 11.8 Å². The number of hydrogen-bond acceptors (Lipinski definition) is 11. The predicted octanol–water partition coefficient (Wildman–Crippen LogP) is 0.353. The van der Waals surface area contributed by atoms with Crippen LogP contribution in [0.3, 0.4) is 0 Å². The summed E-state index contributed by atoms with van der Waals surface area (Å²) in [6, 6.07) is 11.8. The van der Waals surface area contributed by atoms with Crippen LogP contribution in [-0.4, -0.2) is 121 Å². The van der Waals surface area contributed by atoms with Crippen molar-refractivity contribution in [3.63, 3.8) is 0 Å². The lowest BCUT2D eigenvalue weighted by Crippen LogP contribution is -2.65. The number of aromatic nitrogens is 4. The minimum atomic E-state index is -0.656. The Morgan fingerprint density at radius 3 is 2.64 bits per heavy atom. The molecule has 2 aromatic heterocycles. The van der Waals surface area contributed by atoms with Gasteiger partial charge in [0.2, 0.25) is 5.16 Å². The number of benzene rings is 1. The van der Waals surface area contributed by atoms with E-state index in [1.807, 2.05) is 35.2 Å². The van der Waals surface area contributed by atoms with Crippen LogP contribution in [-0.2, 0) is 4.79 Å². The second-order valence-electron chi connectivity index (χ2n) is 9.20. The highest BCUT2D eigenvalue weighted by atomic mass is 32.2. The minimum absolute atomic E-state index is 0.157. The van der Waals surface area contributed by atoms with Gasteiger partial charge in [0, 0.05) is 45.5 Å². The van der Waals surface area contributed by atoms with Crippen molar-refractivity contribution in [1.82, 2.24) is 45.1 Å². The van der Waals surface area contributed by atoms with Crippen LogP contribution in [0, 0.1) is 0 Å². The number of nitrogens with one attached hydrogen (secondary N) is 1. The average Bonchev–Trinajstić information content (AvgIpc) is 3.73. The SMILES string of the molecule is CN1C(=O)NC(=O)C2C1N=C(N1CCN(C(=O)c3ccco3)CC1)N2CCSc1nnnn1-c1ccccc1. The second kappa shape index (κ2) is 10.4. The van der Waals surface area contributed by atoms with Crippen molar-refractivity contribution in [2.24, 2.45) is 4.99 Å². The third kappa shape index (κ3) is 4.69. The number of piperazine rings is 1. The van der Waals surface area contributed by atoms with Crippen LogP contribution >= 0.6 is 11.8 Å². The Bertz CT molecular complexity index is 1390. The number of rotatable bonds is 6. The van der Waals surface area contributed by atoms with Gasteiger partial charge in [-0.3, -0.25) is 14.9 Å². The van der Waals surface area contributed by atoms with E-state index in [9.17, 15) is 14.4 Å². The quantitative estimate of drug-likeness (QED) is 0.427. The summed E-state index contributed by atoms with van der Waals surface area (Å²) in [4.78, 5) is 50.0. The summed E-state index contributed by atoms with van der Waals surface area (Å²) in [7, 11) is 1.63. The number of hydrogen-bond donors (Lipinski definition) is 1. The number of likely N-dealkylation sites (N-methyl/N-ethyl adjacent to an activating group) is 1. The first-order valence-electron chi connectivity index (χ1n) is 12.5. The van der Waals surface area contributed by atoms with Crippen molar-refractivity contribution in [2.45, 2.75) is 17.4 Å². The Balaban J connectivity index is 1.17. The molecule has 0 saturated carbocycles. The van der Waals surface area contributed by atoms with Gasteiger partial charge in [-0.1, -0.05) is 30.0 Å². The highest BCUT2D eigenvalue weighted by Crippen LogP contribution is 2.27. The zero-order valence-corrected chi connectivity index (χ0v) is 21.9. The van der Waals surface area contributed by atoms with Gasteiger partial charge in [0.05, 0.1) is 12.0 Å². The van der Waals surface area contributed by atoms with Crippen LogP contribution in [0.25, 0.3) is 5.69 Å². The average molecular weight is 551 g/mol. The first-order valence-corrected chi connectivity index (χ1v) is 13.5. The number of nitrogens with zero attached hydrogens (tertiary/aromatic N) is 9. The largest absolute Gasteiger partial charge is 0.459 e. The Morgan fingerprint density at radius 2 is 1.90 bits per heavy atom. The number of fused-ring (bicyclic) bond motifs is 1. The molecule has 3 aromatic rings. The zero-order chi connectivity index (χ0) is 26.9. The van der Waals surface area contributed by atoms with Gasteiger partial charge in [-0.25, -0.2) is 9.79 Å². The summed E-state index contributed by atoms with van der Waals surface area (Å²) in [6.07, 6.45) is 0.846. The highest BCUT2D eigenvalue weighted by molar-refractivity contribution is 7.99. The van der Waals surface area contributed by atoms with Crippen LogP contribution in [0.2, 0.25) is 0 Å². The number of tetrazole rings is 1. The summed E-state index contributed by atoms with van der Waals surface area (Å²) >= 11 is 1.46. The van der Waals surface area contributed by atoms with Crippen LogP contribution < -0.4 is 5.32 Å². The molecule has 5 heterocycles. The lowest BCUT2D eigenvalue weighted by atomic mass is 10.1. The lowest BCUT2D eigenvalue weighted by molar-refractivity contribution is -0.127. The third-order valence-corrected chi connectivity index (χ3v) is 7.82. The monoisotopic (exact) mass is 550 g/mol. The molecule has 39 heavy (non-hydrogen) atoms. The number of amides is 4. The second-order valence-corrected chi connectivity index (χ2v) is 10.3. The summed E-state index contributed by atoms with van der Waals surface area (Å²) in [5.41, 5.74) is 0.849. The Hall–Kier alpha value is -4.40. The fourth-order valence-electron chi connectivity index (χ4n) is 4.91. The molecule has 2 atom stereocenters. The van der Waals surface area contributed by atoms with Crippen LogP contribution in [0.15, 0.2) is 63.3 Å². The standard InChI is InChI=1S/C24H26N10O4S/c1-30-19-18(20(35)26-23(30)37)33(13-15-39-24-27-28-29-34(24)16-6-3-2-4-7-16)22(25-19)32-11-9-31(10-12-32)21(36)17-8-5-14-38-17/h2-8,14,18-19H,9-13,15H2,1H3,(H,26,35,37). The van der Waals surface area contributed by atoms with Gasteiger partial charge in [-0.15, -0.1) is 5.10 Å². The summed E-state index contributed by atoms with van der Waals surface area (Å²) < 4.78 is 6.93. The van der Waals surface area contributed by atoms with Gasteiger partial charge in [0.1, 0.15) is 0 Å². The molecule has 6 rings (SSSR count). The lowest BCUT2D eigenvalue weighted by Gasteiger charge is -2.40. The third-order valence-electron chi connectivity index (χ3n) is 6.93. The molecule has 3 aliphatic heterocycles. The van der Waals surface area contributed by atoms with Crippen molar-refractivity contribution in [1.29, 1.82) is 0 Å². The molecule has 14 nitrogen and oxygen atoms in total. The number of para-hydroxylation sites is 1. The summed E-state index contributed by atoms with van der Waals surface area (Å²) in [6.45, 7) is 2.47. The topological polar surface area (TPSA) is 145 Å². The number of carbonyl (C=O) groups excluding carboxylic acids is 3. The molecule has 1 aromatic carbocycles. The maximum absolute atomic E-state index is 13.0. The Morgan fingerprint density at radius 1 is 1.10 bits per heavy atom. The van der Waals surface area contributed by atoms with Crippen molar-refractivity contribution >= 4 is 35.6 Å². The van der Waals surface area contributed by atoms with E-state index in [0.29, 0.717) is 55.4 Å². The fraction of sp³-hybridized carbons (Fsp3) is 0.375. The minimum Gasteiger partial charge on any atom is -0.459 e. The molecule has 2 saturated heterocycles. The molecule has 0 radical (unpaired) electrons. The molecule has 4 amide bonds. The van der Waals surface area contributed by atoms with Crippen molar-refractivity contribution in [3.05, 3.63) is 54.5 Å². The molecule has 2 fully saturated rings. The molecule has 0 aliphatic carbocycles. The van der Waals surface area contributed by atoms with Gasteiger partial charge in [-0.2, -0.15) is 4.68 Å².